The Morgan fingerprint density at radius 2 is 2.07 bits per heavy atom. The highest BCUT2D eigenvalue weighted by molar-refractivity contribution is 6.34. The fraction of sp³-hybridized carbons (Fsp3) is 0.556. The average Bonchev–Trinajstić information content (AvgIpc) is 3.02. The minimum atomic E-state index is -1.18. The topological polar surface area (TPSA) is 113 Å². The van der Waals surface area contributed by atoms with Crippen LogP contribution in [0.3, 0.4) is 0 Å². The maximum absolute atomic E-state index is 13.3. The van der Waals surface area contributed by atoms with Crippen molar-refractivity contribution >= 4 is 29.2 Å². The Kier molecular flexibility index (Phi) is 5.87. The second-order valence-corrected chi connectivity index (χ2v) is 7.46. The van der Waals surface area contributed by atoms with Gasteiger partial charge in [-0.05, 0) is 19.0 Å². The van der Waals surface area contributed by atoms with Crippen molar-refractivity contribution in [2.75, 3.05) is 26.2 Å². The van der Waals surface area contributed by atoms with Gasteiger partial charge < -0.3 is 14.7 Å². The fourth-order valence-electron chi connectivity index (χ4n) is 3.92. The molecule has 0 bridgehead atoms. The van der Waals surface area contributed by atoms with Crippen molar-refractivity contribution in [3.8, 4) is 0 Å². The van der Waals surface area contributed by atoms with E-state index < -0.39 is 28.6 Å². The molecule has 2 aliphatic heterocycles. The van der Waals surface area contributed by atoms with Crippen LogP contribution >= 0.6 is 11.6 Å². The van der Waals surface area contributed by atoms with Crippen LogP contribution in [0, 0.1) is 10.1 Å². The molecular weight excluding hydrogens is 390 g/mol. The van der Waals surface area contributed by atoms with Gasteiger partial charge >= 0.3 is 5.97 Å². The zero-order valence-electron chi connectivity index (χ0n) is 15.5. The van der Waals surface area contributed by atoms with Crippen LogP contribution in [0.2, 0.25) is 5.02 Å². The monoisotopic (exact) mass is 411 g/mol. The van der Waals surface area contributed by atoms with Crippen LogP contribution in [-0.2, 0) is 9.53 Å². The lowest BCUT2D eigenvalue weighted by Gasteiger charge is -2.44. The molecule has 0 saturated carbocycles. The number of halogens is 1. The van der Waals surface area contributed by atoms with E-state index in [0.717, 1.165) is 19.0 Å². The van der Waals surface area contributed by atoms with Crippen LogP contribution in [0.4, 0.5) is 5.69 Å². The number of nitrogens with zero attached hydrogens (tertiary/aromatic N) is 3. The van der Waals surface area contributed by atoms with E-state index in [9.17, 15) is 24.8 Å². The zero-order chi connectivity index (χ0) is 20.5. The number of amides is 1. The summed E-state index contributed by atoms with van der Waals surface area (Å²) in [5.41, 5.74) is -1.42. The van der Waals surface area contributed by atoms with Gasteiger partial charge in [0, 0.05) is 38.1 Å². The molecule has 152 valence electrons. The maximum atomic E-state index is 13.3. The van der Waals surface area contributed by atoms with Crippen molar-refractivity contribution in [1.82, 2.24) is 9.80 Å². The smallest absolute Gasteiger partial charge is 0.328 e. The number of hydrogen-bond donors (Lipinski definition) is 1. The molecule has 0 radical (unpaired) electrons. The van der Waals surface area contributed by atoms with Gasteiger partial charge in [-0.25, -0.2) is 4.79 Å². The molecule has 28 heavy (non-hydrogen) atoms. The van der Waals surface area contributed by atoms with Crippen LogP contribution in [0.25, 0.3) is 0 Å². The number of benzene rings is 1. The van der Waals surface area contributed by atoms with E-state index in [1.807, 2.05) is 0 Å². The molecule has 0 aliphatic carbocycles. The first kappa shape index (κ1) is 20.5. The summed E-state index contributed by atoms with van der Waals surface area (Å²) in [5, 5.41) is 20.7. The van der Waals surface area contributed by atoms with Crippen LogP contribution in [0.15, 0.2) is 18.2 Å². The van der Waals surface area contributed by atoms with Gasteiger partial charge in [0.25, 0.3) is 11.6 Å². The molecule has 2 saturated heterocycles. The molecule has 1 aromatic rings. The minimum absolute atomic E-state index is 0.0326. The molecule has 2 aliphatic rings. The van der Waals surface area contributed by atoms with E-state index in [-0.39, 0.29) is 22.9 Å². The van der Waals surface area contributed by atoms with Crippen LogP contribution in [-0.4, -0.2) is 69.7 Å². The maximum Gasteiger partial charge on any atom is 0.328 e. The third-order valence-corrected chi connectivity index (χ3v) is 5.66. The average molecular weight is 412 g/mol. The first-order valence-electron chi connectivity index (χ1n) is 9.16. The van der Waals surface area contributed by atoms with Crippen molar-refractivity contribution in [3.63, 3.8) is 0 Å². The van der Waals surface area contributed by atoms with Gasteiger partial charge in [0.15, 0.2) is 6.04 Å². The number of likely N-dealkylation sites (tertiary alicyclic amines) is 1. The second kappa shape index (κ2) is 8.02. The van der Waals surface area contributed by atoms with E-state index in [1.54, 1.807) is 0 Å². The Hall–Kier alpha value is -2.23. The first-order chi connectivity index (χ1) is 13.3. The standard InChI is InChI=1S/C18H22ClN3O6/c1-2-7-20-8-5-18(6-9-20)21(15(11-28-18)17(24)25)16(23)13-10-12(22(26)27)3-4-14(13)19/h3-4,10,15H,2,5-9,11H2,1H3,(H,24,25)/t15-/m1/s1. The number of rotatable bonds is 5. The van der Waals surface area contributed by atoms with E-state index in [1.165, 1.54) is 17.0 Å². The van der Waals surface area contributed by atoms with Gasteiger partial charge in [0.2, 0.25) is 0 Å². The number of ether oxygens (including phenoxy) is 1. The molecule has 1 N–H and O–H groups in total. The minimum Gasteiger partial charge on any atom is -0.480 e. The van der Waals surface area contributed by atoms with E-state index >= 15 is 0 Å². The van der Waals surface area contributed by atoms with Crippen molar-refractivity contribution in [3.05, 3.63) is 38.9 Å². The number of carboxylic acid groups (broad SMARTS) is 1. The number of carbonyl (C=O) groups excluding carboxylic acids is 1. The van der Waals surface area contributed by atoms with Gasteiger partial charge in [-0.3, -0.25) is 19.8 Å². The predicted molar refractivity (Wildman–Crippen MR) is 100 cm³/mol. The molecular formula is C18H22ClN3O6. The summed E-state index contributed by atoms with van der Waals surface area (Å²) in [6.45, 7) is 4.22. The summed E-state index contributed by atoms with van der Waals surface area (Å²) in [4.78, 5) is 39.0. The Bertz CT molecular complexity index is 794. The third kappa shape index (κ3) is 3.69. The van der Waals surface area contributed by atoms with Crippen molar-refractivity contribution in [2.24, 2.45) is 0 Å². The van der Waals surface area contributed by atoms with Crippen LogP contribution in [0.5, 0.6) is 0 Å². The Balaban J connectivity index is 1.95. The molecule has 9 nitrogen and oxygen atoms in total. The fourth-order valence-corrected chi connectivity index (χ4v) is 4.12. The van der Waals surface area contributed by atoms with E-state index in [2.05, 4.69) is 11.8 Å². The number of carboxylic acids is 1. The van der Waals surface area contributed by atoms with Gasteiger partial charge in [0.05, 0.1) is 22.1 Å². The van der Waals surface area contributed by atoms with Gasteiger partial charge in [-0.2, -0.15) is 0 Å². The quantitative estimate of drug-likeness (QED) is 0.584. The molecule has 0 aromatic heterocycles. The number of nitro benzene ring substituents is 1. The number of carbonyl (C=O) groups is 2. The summed E-state index contributed by atoms with van der Waals surface area (Å²) in [6.07, 6.45) is 1.93. The third-order valence-electron chi connectivity index (χ3n) is 5.33. The largest absolute Gasteiger partial charge is 0.480 e. The first-order valence-corrected chi connectivity index (χ1v) is 9.53. The summed E-state index contributed by atoms with van der Waals surface area (Å²) < 4.78 is 5.88. The SMILES string of the molecule is CCCN1CCC2(CC1)OC[C@H](C(=O)O)N2C(=O)c1cc([N+](=O)[O-])ccc1Cl. The molecule has 10 heteroatoms. The van der Waals surface area contributed by atoms with E-state index in [4.69, 9.17) is 16.3 Å². The molecule has 2 fully saturated rings. The summed E-state index contributed by atoms with van der Waals surface area (Å²) in [6, 6.07) is 2.39. The Morgan fingerprint density at radius 1 is 1.39 bits per heavy atom. The second-order valence-electron chi connectivity index (χ2n) is 7.05. The number of hydrogen-bond acceptors (Lipinski definition) is 6. The molecule has 1 amide bonds. The molecule has 1 atom stereocenters. The van der Waals surface area contributed by atoms with Crippen molar-refractivity contribution in [2.45, 2.75) is 38.0 Å². The zero-order valence-corrected chi connectivity index (χ0v) is 16.2. The Morgan fingerprint density at radius 3 is 2.64 bits per heavy atom. The van der Waals surface area contributed by atoms with Gasteiger partial charge in [-0.1, -0.05) is 18.5 Å². The number of nitro groups is 1. The summed E-state index contributed by atoms with van der Waals surface area (Å²) >= 11 is 6.13. The van der Waals surface area contributed by atoms with Gasteiger partial charge in [-0.15, -0.1) is 0 Å². The summed E-state index contributed by atoms with van der Waals surface area (Å²) in [5.74, 6) is -1.84. The molecule has 1 aromatic carbocycles. The number of aliphatic carboxylic acids is 1. The highest BCUT2D eigenvalue weighted by Crippen LogP contribution is 2.39. The lowest BCUT2D eigenvalue weighted by molar-refractivity contribution is -0.384. The molecule has 0 unspecified atom stereocenters. The lowest BCUT2D eigenvalue weighted by Crippen LogP contribution is -2.58. The highest BCUT2D eigenvalue weighted by Gasteiger charge is 2.54. The van der Waals surface area contributed by atoms with E-state index in [0.29, 0.717) is 25.9 Å². The molecule has 1 spiro atoms. The molecule has 2 heterocycles. The number of piperidine rings is 1. The predicted octanol–water partition coefficient (Wildman–Crippen LogP) is 2.38. The normalized spacial score (nSPS) is 21.8. The Labute approximate surface area is 167 Å². The van der Waals surface area contributed by atoms with Crippen molar-refractivity contribution < 1.29 is 24.4 Å². The van der Waals surface area contributed by atoms with Crippen LogP contribution < -0.4 is 0 Å². The molecule has 3 rings (SSSR count). The van der Waals surface area contributed by atoms with Crippen molar-refractivity contribution in [1.29, 1.82) is 0 Å². The number of non-ortho nitro benzene ring substituents is 1. The van der Waals surface area contributed by atoms with Crippen LogP contribution in [0.1, 0.15) is 36.5 Å². The lowest BCUT2D eigenvalue weighted by atomic mass is 9.96. The highest BCUT2D eigenvalue weighted by atomic mass is 35.5. The van der Waals surface area contributed by atoms with Gasteiger partial charge in [0.1, 0.15) is 5.72 Å². The summed E-state index contributed by atoms with van der Waals surface area (Å²) in [7, 11) is 0.